The molecule has 1 aliphatic rings. The molecular weight excluding hydrogens is 210 g/mol. The number of hydrogen-bond acceptors (Lipinski definition) is 2. The van der Waals surface area contributed by atoms with Crippen LogP contribution in [-0.4, -0.2) is 13.2 Å². The number of para-hydroxylation sites is 1. The zero-order valence-corrected chi connectivity index (χ0v) is 10.7. The number of rotatable bonds is 4. The molecule has 1 aromatic rings. The van der Waals surface area contributed by atoms with Gasteiger partial charge in [0.15, 0.2) is 0 Å². The van der Waals surface area contributed by atoms with Crippen molar-refractivity contribution in [1.82, 2.24) is 0 Å². The van der Waals surface area contributed by atoms with Gasteiger partial charge in [0.1, 0.15) is 5.75 Å². The second-order valence-corrected chi connectivity index (χ2v) is 5.32. The van der Waals surface area contributed by atoms with Gasteiger partial charge in [0.2, 0.25) is 0 Å². The van der Waals surface area contributed by atoms with E-state index in [1.165, 1.54) is 37.7 Å². The molecule has 1 aromatic carbocycles. The molecule has 1 fully saturated rings. The van der Waals surface area contributed by atoms with E-state index in [1.54, 1.807) is 0 Å². The Morgan fingerprint density at radius 3 is 2.53 bits per heavy atom. The highest BCUT2D eigenvalue weighted by Crippen LogP contribution is 2.36. The van der Waals surface area contributed by atoms with E-state index < -0.39 is 0 Å². The van der Waals surface area contributed by atoms with Gasteiger partial charge in [0.05, 0.1) is 6.61 Å². The van der Waals surface area contributed by atoms with Gasteiger partial charge in [-0.1, -0.05) is 37.5 Å². The summed E-state index contributed by atoms with van der Waals surface area (Å²) in [5.41, 5.74) is 7.39. The zero-order chi connectivity index (χ0) is 12.1. The number of ether oxygens (including phenoxy) is 1. The number of aryl methyl sites for hydroxylation is 1. The Bertz CT molecular complexity index is 356. The summed E-state index contributed by atoms with van der Waals surface area (Å²) in [5.74, 6) is 1.01. The molecule has 1 aliphatic carbocycles. The summed E-state index contributed by atoms with van der Waals surface area (Å²) in [6.45, 7) is 3.61. The van der Waals surface area contributed by atoms with E-state index in [0.717, 1.165) is 18.9 Å². The van der Waals surface area contributed by atoms with Gasteiger partial charge in [-0.3, -0.25) is 0 Å². The molecule has 2 N–H and O–H groups in total. The number of hydrogen-bond donors (Lipinski definition) is 1. The summed E-state index contributed by atoms with van der Waals surface area (Å²) in [6.07, 6.45) is 6.39. The van der Waals surface area contributed by atoms with Crippen LogP contribution in [0.25, 0.3) is 0 Å². The van der Waals surface area contributed by atoms with Crippen molar-refractivity contribution in [3.63, 3.8) is 0 Å². The Labute approximate surface area is 104 Å². The summed E-state index contributed by atoms with van der Waals surface area (Å²) in [7, 11) is 0. The van der Waals surface area contributed by atoms with Crippen molar-refractivity contribution in [2.45, 2.75) is 39.0 Å². The normalized spacial score (nSPS) is 18.9. The van der Waals surface area contributed by atoms with E-state index in [0.29, 0.717) is 0 Å². The fourth-order valence-electron chi connectivity index (χ4n) is 2.66. The predicted octanol–water partition coefficient (Wildman–Crippen LogP) is 3.28. The Kier molecular flexibility index (Phi) is 4.06. The van der Waals surface area contributed by atoms with Gasteiger partial charge < -0.3 is 10.5 Å². The molecule has 0 heterocycles. The Morgan fingerprint density at radius 1 is 1.18 bits per heavy atom. The topological polar surface area (TPSA) is 35.2 Å². The highest BCUT2D eigenvalue weighted by Gasteiger charge is 2.31. The smallest absolute Gasteiger partial charge is 0.122 e. The van der Waals surface area contributed by atoms with Crippen LogP contribution in [0.4, 0.5) is 0 Å². The van der Waals surface area contributed by atoms with Gasteiger partial charge in [-0.25, -0.2) is 0 Å². The SMILES string of the molecule is Cc1ccccc1OCC1(CN)CCCCC1. The molecule has 2 rings (SSSR count). The minimum absolute atomic E-state index is 0.223. The minimum Gasteiger partial charge on any atom is -0.493 e. The van der Waals surface area contributed by atoms with Crippen molar-refractivity contribution in [2.75, 3.05) is 13.2 Å². The molecule has 0 unspecified atom stereocenters. The molecule has 0 spiro atoms. The van der Waals surface area contributed by atoms with Crippen molar-refractivity contribution < 1.29 is 4.74 Å². The molecule has 0 aromatic heterocycles. The highest BCUT2D eigenvalue weighted by atomic mass is 16.5. The Balaban J connectivity index is 1.98. The molecule has 0 aliphatic heterocycles. The minimum atomic E-state index is 0.223. The quantitative estimate of drug-likeness (QED) is 0.866. The van der Waals surface area contributed by atoms with Gasteiger partial charge in [-0.2, -0.15) is 0 Å². The Morgan fingerprint density at radius 2 is 1.88 bits per heavy atom. The van der Waals surface area contributed by atoms with Gasteiger partial charge in [-0.05, 0) is 31.4 Å². The molecule has 0 amide bonds. The van der Waals surface area contributed by atoms with Crippen LogP contribution in [0.2, 0.25) is 0 Å². The van der Waals surface area contributed by atoms with Crippen LogP contribution in [0, 0.1) is 12.3 Å². The van der Waals surface area contributed by atoms with Crippen molar-refractivity contribution in [1.29, 1.82) is 0 Å². The first-order valence-electron chi connectivity index (χ1n) is 6.64. The third kappa shape index (κ3) is 3.01. The van der Waals surface area contributed by atoms with Crippen LogP contribution >= 0.6 is 0 Å². The summed E-state index contributed by atoms with van der Waals surface area (Å²) in [5, 5.41) is 0. The first-order valence-corrected chi connectivity index (χ1v) is 6.64. The van der Waals surface area contributed by atoms with Crippen molar-refractivity contribution in [3.8, 4) is 5.75 Å². The van der Waals surface area contributed by atoms with Gasteiger partial charge >= 0.3 is 0 Å². The first kappa shape index (κ1) is 12.4. The molecule has 0 bridgehead atoms. The monoisotopic (exact) mass is 233 g/mol. The highest BCUT2D eigenvalue weighted by molar-refractivity contribution is 5.31. The molecule has 0 radical (unpaired) electrons. The maximum absolute atomic E-state index is 5.99. The maximum atomic E-state index is 5.99. The van der Waals surface area contributed by atoms with E-state index in [-0.39, 0.29) is 5.41 Å². The molecule has 2 heteroatoms. The fourth-order valence-corrected chi connectivity index (χ4v) is 2.66. The van der Waals surface area contributed by atoms with Crippen molar-refractivity contribution in [2.24, 2.45) is 11.1 Å². The van der Waals surface area contributed by atoms with E-state index in [9.17, 15) is 0 Å². The first-order chi connectivity index (χ1) is 8.26. The second-order valence-electron chi connectivity index (χ2n) is 5.32. The second kappa shape index (κ2) is 5.54. The van der Waals surface area contributed by atoms with E-state index >= 15 is 0 Å². The van der Waals surface area contributed by atoms with Crippen molar-refractivity contribution >= 4 is 0 Å². The molecular formula is C15H23NO. The molecule has 1 saturated carbocycles. The molecule has 17 heavy (non-hydrogen) atoms. The lowest BCUT2D eigenvalue weighted by Gasteiger charge is -2.36. The standard InChI is InChI=1S/C15H23NO/c1-13-7-3-4-8-14(13)17-12-15(11-16)9-5-2-6-10-15/h3-4,7-8H,2,5-6,9-12,16H2,1H3. The number of nitrogens with two attached hydrogens (primary N) is 1. The fraction of sp³-hybridized carbons (Fsp3) is 0.600. The molecule has 0 saturated heterocycles. The van der Waals surface area contributed by atoms with Gasteiger partial charge in [0, 0.05) is 12.0 Å². The Hall–Kier alpha value is -1.02. The number of benzene rings is 1. The van der Waals surface area contributed by atoms with Crippen LogP contribution in [0.3, 0.4) is 0 Å². The van der Waals surface area contributed by atoms with E-state index in [4.69, 9.17) is 10.5 Å². The molecule has 0 atom stereocenters. The van der Waals surface area contributed by atoms with Gasteiger partial charge in [0.25, 0.3) is 0 Å². The average molecular weight is 233 g/mol. The average Bonchev–Trinajstić information content (AvgIpc) is 2.39. The summed E-state index contributed by atoms with van der Waals surface area (Å²) >= 11 is 0. The lowest BCUT2D eigenvalue weighted by Crippen LogP contribution is -2.38. The van der Waals surface area contributed by atoms with Crippen LogP contribution in [0.15, 0.2) is 24.3 Å². The van der Waals surface area contributed by atoms with Crippen LogP contribution in [0.1, 0.15) is 37.7 Å². The lowest BCUT2D eigenvalue weighted by atomic mass is 9.75. The largest absolute Gasteiger partial charge is 0.493 e. The maximum Gasteiger partial charge on any atom is 0.122 e. The zero-order valence-electron chi connectivity index (χ0n) is 10.7. The van der Waals surface area contributed by atoms with Crippen LogP contribution in [0.5, 0.6) is 5.75 Å². The lowest BCUT2D eigenvalue weighted by molar-refractivity contribution is 0.105. The van der Waals surface area contributed by atoms with E-state index in [1.807, 2.05) is 18.2 Å². The third-order valence-electron chi connectivity index (χ3n) is 3.97. The third-order valence-corrected chi connectivity index (χ3v) is 3.97. The summed E-state index contributed by atoms with van der Waals surface area (Å²) < 4.78 is 5.99. The summed E-state index contributed by atoms with van der Waals surface area (Å²) in [4.78, 5) is 0. The summed E-state index contributed by atoms with van der Waals surface area (Å²) in [6, 6.07) is 8.20. The molecule has 2 nitrogen and oxygen atoms in total. The van der Waals surface area contributed by atoms with Crippen molar-refractivity contribution in [3.05, 3.63) is 29.8 Å². The van der Waals surface area contributed by atoms with Crippen LogP contribution in [-0.2, 0) is 0 Å². The predicted molar refractivity (Wildman–Crippen MR) is 71.2 cm³/mol. The van der Waals surface area contributed by atoms with Crippen LogP contribution < -0.4 is 10.5 Å². The van der Waals surface area contributed by atoms with Gasteiger partial charge in [-0.15, -0.1) is 0 Å². The molecule has 94 valence electrons. The van der Waals surface area contributed by atoms with E-state index in [2.05, 4.69) is 13.0 Å².